The number of nitrogens with zero attached hydrogens (tertiary/aromatic N) is 8. The Hall–Kier alpha value is -2.75. The van der Waals surface area contributed by atoms with Gasteiger partial charge in [-0.05, 0) is 11.8 Å². The summed E-state index contributed by atoms with van der Waals surface area (Å²) in [6.45, 7) is -5.38. The lowest BCUT2D eigenvalue weighted by molar-refractivity contribution is -0.0572. The molecule has 0 spiro atoms. The van der Waals surface area contributed by atoms with Crippen LogP contribution in [0.25, 0.3) is 22.3 Å². The first kappa shape index (κ1) is 29.9. The third-order valence-corrected chi connectivity index (χ3v) is 9.85. The first-order valence-corrected chi connectivity index (χ1v) is 17.0. The Morgan fingerprint density at radius 2 is 1.43 bits per heavy atom. The molecule has 0 aliphatic carbocycles. The number of fused-ring (bicyclic) bond motifs is 4. The van der Waals surface area contributed by atoms with Crippen molar-refractivity contribution < 1.29 is 46.5 Å². The van der Waals surface area contributed by atoms with Crippen LogP contribution in [-0.4, -0.2) is 107 Å². The van der Waals surface area contributed by atoms with E-state index in [1.807, 2.05) is 0 Å². The number of rotatable bonds is 2. The fourth-order valence-electron chi connectivity index (χ4n) is 5.23. The largest absolute Gasteiger partial charge is 0.444 e. The van der Waals surface area contributed by atoms with Crippen molar-refractivity contribution in [3.8, 4) is 0 Å². The van der Waals surface area contributed by atoms with Gasteiger partial charge in [0, 0.05) is 0 Å². The molecule has 7 heterocycles. The Kier molecular flexibility index (Phi) is 7.45. The molecule has 10 atom stereocenters. The summed E-state index contributed by atoms with van der Waals surface area (Å²) in [6, 6.07) is 0. The molecule has 0 amide bonds. The maximum atomic E-state index is 16.0. The topological polar surface area (TPSA) is 252 Å². The number of halogens is 1. The van der Waals surface area contributed by atoms with Crippen molar-refractivity contribution in [2.75, 3.05) is 24.7 Å². The van der Waals surface area contributed by atoms with Crippen LogP contribution in [0.3, 0.4) is 0 Å². The highest BCUT2D eigenvalue weighted by molar-refractivity contribution is 8.07. The number of aliphatic hydroxyl groups excluding tert-OH is 1. The third kappa shape index (κ3) is 5.19. The summed E-state index contributed by atoms with van der Waals surface area (Å²) in [7, 11) is 1.33. The molecular weight excluding hydrogens is 648 g/mol. The first-order chi connectivity index (χ1) is 20.9. The highest BCUT2D eigenvalue weighted by atomic mass is 32.5. The molecule has 24 heteroatoms. The van der Waals surface area contributed by atoms with Crippen LogP contribution < -0.4 is 11.5 Å². The summed E-state index contributed by atoms with van der Waals surface area (Å²) in [5.41, 5.74) is 12.5. The van der Waals surface area contributed by atoms with Gasteiger partial charge in [-0.2, -0.15) is 0 Å². The third-order valence-electron chi connectivity index (χ3n) is 7.24. The molecule has 0 saturated carbocycles. The molecule has 19 nitrogen and oxygen atoms in total. The normalized spacial score (nSPS) is 38.3. The van der Waals surface area contributed by atoms with Gasteiger partial charge in [-0.15, -0.1) is 0 Å². The van der Waals surface area contributed by atoms with Gasteiger partial charge in [0.05, 0.1) is 33.3 Å². The minimum atomic E-state index is -4.53. The highest BCUT2D eigenvalue weighted by Gasteiger charge is 2.52. The summed E-state index contributed by atoms with van der Waals surface area (Å²) < 4.78 is 65.6. The van der Waals surface area contributed by atoms with Crippen LogP contribution in [0, 0.1) is 0 Å². The second-order valence-electron chi connectivity index (χ2n) is 9.97. The summed E-state index contributed by atoms with van der Waals surface area (Å²) >= 11 is 5.20. The minimum Gasteiger partial charge on any atom is -0.444 e. The molecule has 4 aromatic rings. The molecule has 4 aromatic heterocycles. The Labute approximate surface area is 252 Å². The van der Waals surface area contributed by atoms with E-state index in [0.717, 1.165) is 0 Å². The quantitative estimate of drug-likeness (QED) is 0.157. The van der Waals surface area contributed by atoms with Crippen LogP contribution in [0.2, 0.25) is 0 Å². The van der Waals surface area contributed by atoms with Crippen LogP contribution in [0.4, 0.5) is 16.0 Å². The van der Waals surface area contributed by atoms with E-state index < -0.39 is 76.6 Å². The molecule has 3 aliphatic heterocycles. The van der Waals surface area contributed by atoms with Gasteiger partial charge in [0.2, 0.25) is 0 Å². The van der Waals surface area contributed by atoms with E-state index in [9.17, 15) is 14.6 Å². The lowest BCUT2D eigenvalue weighted by Crippen LogP contribution is -2.38. The summed E-state index contributed by atoms with van der Waals surface area (Å²) in [4.78, 5) is 35.2. The number of hydrogen-bond donors (Lipinski definition) is 4. The Morgan fingerprint density at radius 1 is 0.886 bits per heavy atom. The monoisotopic (exact) mass is 670 g/mol. The van der Waals surface area contributed by atoms with Gasteiger partial charge >= 0.3 is 6.72 Å². The SMILES string of the molecule is [B-][P@]1(=O)OC[C@H]2O[C@@H](n3cnc4c(N)ncnc43)C(O)[C@H]2OP(O)(=S)OC[C@H]2O[C@@H](n3cnc4c(N)ncnc43)C(F)[C@H]2O1. The van der Waals surface area contributed by atoms with Gasteiger partial charge in [-0.25, -0.2) is 34.3 Å². The summed E-state index contributed by atoms with van der Waals surface area (Å²) in [5.74, 6) is 0.148. The van der Waals surface area contributed by atoms with Crippen molar-refractivity contribution in [1.82, 2.24) is 39.0 Å². The fraction of sp³-hybridized carbons (Fsp3) is 0.500. The van der Waals surface area contributed by atoms with E-state index in [1.54, 1.807) is 0 Å². The molecule has 6 N–H and O–H groups in total. The Morgan fingerprint density at radius 3 is 2.07 bits per heavy atom. The zero-order valence-electron chi connectivity index (χ0n) is 22.1. The maximum Gasteiger partial charge on any atom is 0.325 e. The van der Waals surface area contributed by atoms with Crippen molar-refractivity contribution >= 4 is 67.5 Å². The molecular formula is C20H22BFN10O9P2S-. The molecule has 3 fully saturated rings. The second-order valence-corrected chi connectivity index (χ2v) is 14.3. The number of aliphatic hydroxyl groups is 1. The molecule has 233 valence electrons. The van der Waals surface area contributed by atoms with Crippen molar-refractivity contribution in [2.24, 2.45) is 0 Å². The van der Waals surface area contributed by atoms with Crippen LogP contribution in [0.1, 0.15) is 12.5 Å². The number of hydrogen-bond acceptors (Lipinski definition) is 17. The predicted molar refractivity (Wildman–Crippen MR) is 150 cm³/mol. The van der Waals surface area contributed by atoms with Crippen LogP contribution >= 0.6 is 14.2 Å². The zero-order valence-corrected chi connectivity index (χ0v) is 24.7. The minimum absolute atomic E-state index is 0.0574. The van der Waals surface area contributed by atoms with Crippen molar-refractivity contribution in [1.29, 1.82) is 0 Å². The zero-order chi connectivity index (χ0) is 31.0. The van der Waals surface area contributed by atoms with E-state index in [-0.39, 0.29) is 34.0 Å². The van der Waals surface area contributed by atoms with Crippen molar-refractivity contribution in [2.45, 2.75) is 49.1 Å². The average Bonchev–Trinajstić information content (AvgIpc) is 3.73. The summed E-state index contributed by atoms with van der Waals surface area (Å²) in [6.07, 6.45) is -6.88. The van der Waals surface area contributed by atoms with E-state index in [2.05, 4.69) is 29.9 Å². The number of anilines is 2. The average molecular weight is 670 g/mol. The molecule has 3 radical (unpaired) electrons. The smallest absolute Gasteiger partial charge is 0.325 e. The van der Waals surface area contributed by atoms with Crippen molar-refractivity contribution in [3.05, 3.63) is 25.3 Å². The second kappa shape index (κ2) is 11.0. The Bertz CT molecular complexity index is 1710. The van der Waals surface area contributed by atoms with E-state index in [0.29, 0.717) is 0 Å². The maximum absolute atomic E-state index is 16.0. The number of imidazole rings is 2. The number of nitrogens with two attached hydrogens (primary N) is 2. The van der Waals surface area contributed by atoms with E-state index >= 15 is 4.39 Å². The van der Waals surface area contributed by atoms with Crippen LogP contribution in [-0.2, 0) is 43.9 Å². The van der Waals surface area contributed by atoms with E-state index in [1.165, 1.54) is 34.4 Å². The fourth-order valence-corrected chi connectivity index (χ4v) is 7.69. The summed E-state index contributed by atoms with van der Waals surface area (Å²) in [5, 5.41) is 11.2. The van der Waals surface area contributed by atoms with E-state index in [4.69, 9.17) is 58.4 Å². The van der Waals surface area contributed by atoms with Gasteiger partial charge in [-0.1, -0.05) is 0 Å². The number of nitrogen functional groups attached to an aromatic ring is 2. The molecule has 0 bridgehead atoms. The molecule has 44 heavy (non-hydrogen) atoms. The molecule has 3 unspecified atom stereocenters. The molecule has 3 saturated heterocycles. The van der Waals surface area contributed by atoms with Gasteiger partial charge in [0.25, 0.3) is 0 Å². The highest BCUT2D eigenvalue weighted by Crippen LogP contribution is 2.54. The lowest BCUT2D eigenvalue weighted by Gasteiger charge is -2.35. The first-order valence-electron chi connectivity index (χ1n) is 12.8. The molecule has 3 aliphatic rings. The van der Waals surface area contributed by atoms with Crippen LogP contribution in [0.15, 0.2) is 25.3 Å². The molecule has 0 aromatic carbocycles. The van der Waals surface area contributed by atoms with Gasteiger partial charge in [-0.3, -0.25) is 13.7 Å². The van der Waals surface area contributed by atoms with Crippen LogP contribution in [0.5, 0.6) is 0 Å². The van der Waals surface area contributed by atoms with Gasteiger partial charge < -0.3 is 56.6 Å². The standard InChI is InChI=1S/C20H22BFN10O9P2S/c21-42(34)36-1-8-14(12(33)20(39-8)32-6-30-11-16(24)26-4-28-18(11)32)41-43(35,44)37-2-7-13(40-42)9(22)19(38-7)31-5-29-10-15(23)25-3-27-17(10)31/h3-9,12-14,19-20,33H,1-2H2,(H,35,44)(H2,23,25,27)(H2,24,26,28)/q-1/t7-,8-,9?,12?,13+,14+,19-,20-,42+,43?/m1/s1. The van der Waals surface area contributed by atoms with Crippen molar-refractivity contribution in [3.63, 3.8) is 0 Å². The molecule has 7 rings (SSSR count). The Balaban J connectivity index is 1.17. The van der Waals surface area contributed by atoms with Gasteiger partial charge in [0.1, 0.15) is 54.2 Å². The predicted octanol–water partition coefficient (Wildman–Crippen LogP) is -0.365. The number of ether oxygens (including phenoxy) is 2. The number of alkyl halides is 1. The number of aromatic nitrogens is 8. The lowest BCUT2D eigenvalue weighted by atomic mass is 10.1. The van der Waals surface area contributed by atoms with Gasteiger partial charge in [0.15, 0.2) is 41.6 Å².